The van der Waals surface area contributed by atoms with E-state index < -0.39 is 10.0 Å². The van der Waals surface area contributed by atoms with Crippen LogP contribution in [-0.4, -0.2) is 49.6 Å². The molecule has 1 aliphatic rings. The van der Waals surface area contributed by atoms with Crippen LogP contribution in [-0.2, 0) is 16.4 Å². The van der Waals surface area contributed by atoms with E-state index in [0.717, 1.165) is 5.69 Å². The summed E-state index contributed by atoms with van der Waals surface area (Å²) in [5, 5.41) is -0.383. The predicted molar refractivity (Wildman–Crippen MR) is 69.3 cm³/mol. The van der Waals surface area contributed by atoms with Crippen LogP contribution in [0.5, 0.6) is 0 Å². The highest BCUT2D eigenvalue weighted by Crippen LogP contribution is 2.09. The lowest BCUT2D eigenvalue weighted by Crippen LogP contribution is -2.39. The summed E-state index contributed by atoms with van der Waals surface area (Å²) in [6.45, 7) is 1.36. The second kappa shape index (κ2) is 5.75. The molecule has 0 atom stereocenters. The highest BCUT2D eigenvalue weighted by Gasteiger charge is 2.31. The standard InChI is InChI=1S/C11H18N4O2S/c1-15(7-5-10-4-2-3-6-12-10)18(16,17)11-8-13-14-9-11/h2-4,6,11,13-14H,5,7-9H2,1H3. The zero-order chi connectivity index (χ0) is 13.0. The Morgan fingerprint density at radius 2 is 2.11 bits per heavy atom. The van der Waals surface area contributed by atoms with Gasteiger partial charge in [0.2, 0.25) is 10.0 Å². The molecule has 1 aromatic heterocycles. The number of nitrogens with zero attached hydrogens (tertiary/aromatic N) is 2. The number of sulfonamides is 1. The van der Waals surface area contributed by atoms with Crippen LogP contribution < -0.4 is 10.9 Å². The van der Waals surface area contributed by atoms with E-state index in [2.05, 4.69) is 15.8 Å². The Labute approximate surface area is 107 Å². The maximum Gasteiger partial charge on any atom is 0.219 e. The van der Waals surface area contributed by atoms with Crippen molar-refractivity contribution < 1.29 is 8.42 Å². The van der Waals surface area contributed by atoms with E-state index in [4.69, 9.17) is 0 Å². The second-order valence-electron chi connectivity index (χ2n) is 4.32. The Hall–Kier alpha value is -1.02. The van der Waals surface area contributed by atoms with Gasteiger partial charge in [0.1, 0.15) is 5.25 Å². The Kier molecular flexibility index (Phi) is 4.28. The quantitative estimate of drug-likeness (QED) is 0.744. The third-order valence-corrected chi connectivity index (χ3v) is 5.28. The number of hydrogen-bond donors (Lipinski definition) is 2. The topological polar surface area (TPSA) is 74.3 Å². The molecule has 1 aliphatic heterocycles. The molecule has 1 saturated heterocycles. The summed E-state index contributed by atoms with van der Waals surface area (Å²) in [4.78, 5) is 4.18. The van der Waals surface area contributed by atoms with Crippen molar-refractivity contribution in [2.45, 2.75) is 11.7 Å². The predicted octanol–water partition coefficient (Wildman–Crippen LogP) is -0.638. The number of rotatable bonds is 5. The van der Waals surface area contributed by atoms with Crippen molar-refractivity contribution in [1.29, 1.82) is 0 Å². The van der Waals surface area contributed by atoms with Gasteiger partial charge in [-0.1, -0.05) is 6.07 Å². The van der Waals surface area contributed by atoms with E-state index in [-0.39, 0.29) is 5.25 Å². The van der Waals surface area contributed by atoms with Gasteiger partial charge in [0, 0.05) is 45.0 Å². The molecule has 1 aromatic rings. The minimum atomic E-state index is -3.23. The highest BCUT2D eigenvalue weighted by atomic mass is 32.2. The van der Waals surface area contributed by atoms with E-state index in [0.29, 0.717) is 26.1 Å². The number of pyridine rings is 1. The van der Waals surface area contributed by atoms with Crippen LogP contribution in [0.2, 0.25) is 0 Å². The van der Waals surface area contributed by atoms with E-state index >= 15 is 0 Å². The summed E-state index contributed by atoms with van der Waals surface area (Å²) in [5.74, 6) is 0. The van der Waals surface area contributed by atoms with E-state index in [1.54, 1.807) is 13.2 Å². The Morgan fingerprint density at radius 3 is 2.72 bits per heavy atom. The highest BCUT2D eigenvalue weighted by molar-refractivity contribution is 7.89. The first-order valence-corrected chi connectivity index (χ1v) is 7.42. The minimum absolute atomic E-state index is 0.383. The van der Waals surface area contributed by atoms with Gasteiger partial charge in [0.05, 0.1) is 0 Å². The SMILES string of the molecule is CN(CCc1ccccn1)S(=O)(=O)C1CNNC1. The molecule has 2 N–H and O–H groups in total. The zero-order valence-electron chi connectivity index (χ0n) is 10.3. The van der Waals surface area contributed by atoms with Crippen molar-refractivity contribution in [3.8, 4) is 0 Å². The van der Waals surface area contributed by atoms with E-state index in [9.17, 15) is 8.42 Å². The second-order valence-corrected chi connectivity index (χ2v) is 6.64. The average molecular weight is 270 g/mol. The first kappa shape index (κ1) is 13.4. The number of likely N-dealkylation sites (N-methyl/N-ethyl adjacent to an activating group) is 1. The maximum absolute atomic E-state index is 12.2. The third kappa shape index (κ3) is 3.05. The number of hydrogen-bond acceptors (Lipinski definition) is 5. The van der Waals surface area contributed by atoms with Gasteiger partial charge in [-0.3, -0.25) is 15.8 Å². The number of aromatic nitrogens is 1. The lowest BCUT2D eigenvalue weighted by molar-refractivity contribution is 0.462. The van der Waals surface area contributed by atoms with Crippen LogP contribution in [0, 0.1) is 0 Å². The molecule has 2 heterocycles. The van der Waals surface area contributed by atoms with Gasteiger partial charge in [0.25, 0.3) is 0 Å². The van der Waals surface area contributed by atoms with Gasteiger partial charge >= 0.3 is 0 Å². The molecule has 100 valence electrons. The third-order valence-electron chi connectivity index (χ3n) is 3.05. The van der Waals surface area contributed by atoms with Crippen LogP contribution >= 0.6 is 0 Å². The number of nitrogens with one attached hydrogen (secondary N) is 2. The molecule has 0 aromatic carbocycles. The lowest BCUT2D eigenvalue weighted by atomic mass is 10.3. The minimum Gasteiger partial charge on any atom is -0.261 e. The molecule has 0 aliphatic carbocycles. The van der Waals surface area contributed by atoms with Crippen LogP contribution in [0.25, 0.3) is 0 Å². The summed E-state index contributed by atoms with van der Waals surface area (Å²) >= 11 is 0. The molecular formula is C11H18N4O2S. The fourth-order valence-electron chi connectivity index (χ4n) is 1.85. The Bertz CT molecular complexity index is 471. The van der Waals surface area contributed by atoms with Gasteiger partial charge < -0.3 is 0 Å². The zero-order valence-corrected chi connectivity index (χ0v) is 11.2. The molecule has 0 radical (unpaired) electrons. The van der Waals surface area contributed by atoms with Crippen molar-refractivity contribution >= 4 is 10.0 Å². The molecule has 0 saturated carbocycles. The first-order chi connectivity index (χ1) is 8.60. The molecule has 1 fully saturated rings. The van der Waals surface area contributed by atoms with Crippen LogP contribution in [0.4, 0.5) is 0 Å². The molecule has 2 rings (SSSR count). The Morgan fingerprint density at radius 1 is 1.39 bits per heavy atom. The summed E-state index contributed by atoms with van der Waals surface area (Å²) in [6.07, 6.45) is 2.35. The smallest absolute Gasteiger partial charge is 0.219 e. The molecule has 0 bridgehead atoms. The van der Waals surface area contributed by atoms with Crippen LogP contribution in [0.3, 0.4) is 0 Å². The van der Waals surface area contributed by atoms with Crippen LogP contribution in [0.15, 0.2) is 24.4 Å². The average Bonchev–Trinajstić information content (AvgIpc) is 2.91. The van der Waals surface area contributed by atoms with E-state index in [1.165, 1.54) is 4.31 Å². The molecule has 7 heteroatoms. The molecule has 0 amide bonds. The summed E-state index contributed by atoms with van der Waals surface area (Å²) in [7, 11) is -1.61. The van der Waals surface area contributed by atoms with Gasteiger partial charge in [-0.2, -0.15) is 0 Å². The summed E-state index contributed by atoms with van der Waals surface area (Å²) in [5.41, 5.74) is 6.58. The van der Waals surface area contributed by atoms with Gasteiger partial charge in [-0.15, -0.1) is 0 Å². The molecule has 18 heavy (non-hydrogen) atoms. The molecule has 0 unspecified atom stereocenters. The molecule has 0 spiro atoms. The first-order valence-electron chi connectivity index (χ1n) is 5.91. The van der Waals surface area contributed by atoms with Crippen molar-refractivity contribution in [2.75, 3.05) is 26.7 Å². The van der Waals surface area contributed by atoms with Gasteiger partial charge in [-0.25, -0.2) is 12.7 Å². The monoisotopic (exact) mass is 270 g/mol. The van der Waals surface area contributed by atoms with Crippen molar-refractivity contribution in [1.82, 2.24) is 20.1 Å². The summed E-state index contributed by atoms with van der Waals surface area (Å²) in [6, 6.07) is 5.65. The molecular weight excluding hydrogens is 252 g/mol. The van der Waals surface area contributed by atoms with Crippen molar-refractivity contribution in [3.63, 3.8) is 0 Å². The summed E-state index contributed by atoms with van der Waals surface area (Å²) < 4.78 is 25.8. The fourth-order valence-corrected chi connectivity index (χ4v) is 3.30. The number of hydrazine groups is 1. The largest absolute Gasteiger partial charge is 0.261 e. The van der Waals surface area contributed by atoms with E-state index in [1.807, 2.05) is 18.2 Å². The Balaban J connectivity index is 1.93. The van der Waals surface area contributed by atoms with Crippen molar-refractivity contribution in [2.24, 2.45) is 0 Å². The van der Waals surface area contributed by atoms with Crippen molar-refractivity contribution in [3.05, 3.63) is 30.1 Å². The van der Waals surface area contributed by atoms with Gasteiger partial charge in [-0.05, 0) is 12.1 Å². The van der Waals surface area contributed by atoms with Gasteiger partial charge in [0.15, 0.2) is 0 Å². The van der Waals surface area contributed by atoms with Crippen LogP contribution in [0.1, 0.15) is 5.69 Å². The molecule has 6 nitrogen and oxygen atoms in total. The lowest BCUT2D eigenvalue weighted by Gasteiger charge is -2.20. The maximum atomic E-state index is 12.2. The normalized spacial score (nSPS) is 17.4. The fraction of sp³-hybridized carbons (Fsp3) is 0.545.